The van der Waals surface area contributed by atoms with Crippen LogP contribution in [-0.4, -0.2) is 42.4 Å². The Morgan fingerprint density at radius 1 is 1.46 bits per heavy atom. The van der Waals surface area contributed by atoms with Crippen molar-refractivity contribution in [1.29, 1.82) is 0 Å². The highest BCUT2D eigenvalue weighted by Crippen LogP contribution is 2.40. The molecule has 3 heterocycles. The van der Waals surface area contributed by atoms with Gasteiger partial charge in [0, 0.05) is 13.1 Å². The first-order chi connectivity index (χ1) is 11.5. The fourth-order valence-electron chi connectivity index (χ4n) is 3.10. The van der Waals surface area contributed by atoms with E-state index in [2.05, 4.69) is 15.3 Å². The van der Waals surface area contributed by atoms with Crippen LogP contribution in [0.4, 0.5) is 5.82 Å². The van der Waals surface area contributed by atoms with E-state index in [0.717, 1.165) is 31.5 Å². The molecular formula is C15H19ClN6O2. The molecule has 1 fully saturated rings. The molecule has 1 saturated carbocycles. The number of nitrogens with one attached hydrogen (secondary N) is 1. The molecule has 9 heteroatoms. The number of nitrogens with zero attached hydrogens (tertiary/aromatic N) is 4. The third kappa shape index (κ3) is 2.65. The minimum absolute atomic E-state index is 0.120. The highest BCUT2D eigenvalue weighted by molar-refractivity contribution is 6.35. The average Bonchev–Trinajstić information content (AvgIpc) is 3.31. The van der Waals surface area contributed by atoms with Gasteiger partial charge in [0.1, 0.15) is 16.8 Å². The number of aliphatic hydroxyl groups excluding tert-OH is 1. The van der Waals surface area contributed by atoms with Crippen molar-refractivity contribution in [2.24, 2.45) is 5.92 Å². The van der Waals surface area contributed by atoms with Crippen LogP contribution in [0.2, 0.25) is 5.02 Å². The van der Waals surface area contributed by atoms with E-state index in [1.54, 1.807) is 4.90 Å². The number of nitrogen functional groups attached to an aromatic ring is 1. The topological polar surface area (TPSA) is 113 Å². The van der Waals surface area contributed by atoms with Crippen LogP contribution in [0.5, 0.6) is 0 Å². The summed E-state index contributed by atoms with van der Waals surface area (Å²) in [5.74, 6) is 0.214. The largest absolute Gasteiger partial charge is 0.386 e. The number of aryl methyl sites for hydroxylation is 1. The summed E-state index contributed by atoms with van der Waals surface area (Å²) >= 11 is 6.03. The second kappa shape index (κ2) is 5.78. The van der Waals surface area contributed by atoms with Crippen LogP contribution in [-0.2, 0) is 13.1 Å². The van der Waals surface area contributed by atoms with Gasteiger partial charge in [-0.15, -0.1) is 0 Å². The number of H-pyrrole nitrogens is 1. The Morgan fingerprint density at radius 2 is 2.25 bits per heavy atom. The zero-order chi connectivity index (χ0) is 16.8. The SMILES string of the molecule is Nc1n[nH]c(C(=O)N2CCCn3nc(C(O)C4CC4)cc3C2)c1Cl. The summed E-state index contributed by atoms with van der Waals surface area (Å²) in [6.07, 6.45) is 2.37. The lowest BCUT2D eigenvalue weighted by Crippen LogP contribution is -2.31. The number of nitrogens with two attached hydrogens (primary N) is 1. The van der Waals surface area contributed by atoms with Crippen LogP contribution >= 0.6 is 11.6 Å². The number of anilines is 1. The minimum atomic E-state index is -0.504. The van der Waals surface area contributed by atoms with E-state index in [1.807, 2.05) is 10.7 Å². The molecule has 0 radical (unpaired) electrons. The lowest BCUT2D eigenvalue weighted by atomic mass is 10.1. The molecule has 4 rings (SSSR count). The van der Waals surface area contributed by atoms with Crippen molar-refractivity contribution in [1.82, 2.24) is 24.9 Å². The standard InChI is InChI=1S/C15H19ClN6O2/c16-11-12(18-19-14(11)17)15(24)21-4-1-5-22-9(7-21)6-10(20-22)13(23)8-2-3-8/h6,8,13,23H,1-5,7H2,(H3,17,18,19). The summed E-state index contributed by atoms with van der Waals surface area (Å²) in [4.78, 5) is 14.4. The van der Waals surface area contributed by atoms with Crippen LogP contribution in [0, 0.1) is 5.92 Å². The second-order valence-corrected chi connectivity index (χ2v) is 6.82. The number of aromatic amines is 1. The van der Waals surface area contributed by atoms with Gasteiger partial charge in [-0.3, -0.25) is 14.6 Å². The fraction of sp³-hybridized carbons (Fsp3) is 0.533. The molecule has 1 aliphatic heterocycles. The molecule has 1 aliphatic carbocycles. The number of amides is 1. The van der Waals surface area contributed by atoms with E-state index >= 15 is 0 Å². The Hall–Kier alpha value is -2.06. The molecule has 0 bridgehead atoms. The molecule has 0 aromatic carbocycles. The van der Waals surface area contributed by atoms with Crippen LogP contribution < -0.4 is 5.73 Å². The average molecular weight is 351 g/mol. The Balaban J connectivity index is 1.57. The van der Waals surface area contributed by atoms with Gasteiger partial charge in [0.05, 0.1) is 17.9 Å². The number of fused-ring (bicyclic) bond motifs is 1. The maximum absolute atomic E-state index is 12.7. The first-order valence-electron chi connectivity index (χ1n) is 8.08. The lowest BCUT2D eigenvalue weighted by molar-refractivity contribution is 0.0740. The highest BCUT2D eigenvalue weighted by atomic mass is 35.5. The molecule has 1 amide bonds. The van der Waals surface area contributed by atoms with Crippen molar-refractivity contribution in [2.45, 2.75) is 38.5 Å². The van der Waals surface area contributed by atoms with E-state index < -0.39 is 6.10 Å². The van der Waals surface area contributed by atoms with E-state index in [4.69, 9.17) is 17.3 Å². The van der Waals surface area contributed by atoms with E-state index in [9.17, 15) is 9.90 Å². The maximum atomic E-state index is 12.7. The van der Waals surface area contributed by atoms with Gasteiger partial charge in [0.2, 0.25) is 0 Å². The number of aromatic nitrogens is 4. The molecule has 0 saturated heterocycles. The van der Waals surface area contributed by atoms with Crippen molar-refractivity contribution < 1.29 is 9.90 Å². The number of carbonyl (C=O) groups excluding carboxylic acids is 1. The monoisotopic (exact) mass is 350 g/mol. The van der Waals surface area contributed by atoms with E-state index in [-0.39, 0.29) is 22.4 Å². The first kappa shape index (κ1) is 15.5. The number of hydrogen-bond acceptors (Lipinski definition) is 5. The number of rotatable bonds is 3. The molecule has 4 N–H and O–H groups in total. The molecule has 8 nitrogen and oxygen atoms in total. The number of aliphatic hydroxyl groups is 1. The van der Waals surface area contributed by atoms with Gasteiger partial charge in [-0.2, -0.15) is 10.2 Å². The number of hydrogen-bond donors (Lipinski definition) is 3. The van der Waals surface area contributed by atoms with Gasteiger partial charge in [-0.25, -0.2) is 0 Å². The van der Waals surface area contributed by atoms with Crippen molar-refractivity contribution in [3.63, 3.8) is 0 Å². The van der Waals surface area contributed by atoms with Crippen LogP contribution in [0.3, 0.4) is 0 Å². The van der Waals surface area contributed by atoms with Gasteiger partial charge in [0.25, 0.3) is 5.91 Å². The van der Waals surface area contributed by atoms with Crippen LogP contribution in [0.25, 0.3) is 0 Å². The Morgan fingerprint density at radius 3 is 2.92 bits per heavy atom. The summed E-state index contributed by atoms with van der Waals surface area (Å²) in [5, 5.41) is 21.3. The third-order valence-electron chi connectivity index (χ3n) is 4.64. The smallest absolute Gasteiger partial charge is 0.273 e. The fourth-order valence-corrected chi connectivity index (χ4v) is 3.26. The Bertz CT molecular complexity index is 781. The Kier molecular flexibility index (Phi) is 3.73. The predicted molar refractivity (Wildman–Crippen MR) is 87.3 cm³/mol. The highest BCUT2D eigenvalue weighted by Gasteiger charge is 2.33. The quantitative estimate of drug-likeness (QED) is 0.772. The third-order valence-corrected chi connectivity index (χ3v) is 5.02. The number of carbonyl (C=O) groups is 1. The van der Waals surface area contributed by atoms with Crippen molar-refractivity contribution in [2.75, 3.05) is 12.3 Å². The summed E-state index contributed by atoms with van der Waals surface area (Å²) in [7, 11) is 0. The van der Waals surface area contributed by atoms with Gasteiger partial charge < -0.3 is 15.7 Å². The lowest BCUT2D eigenvalue weighted by Gasteiger charge is -2.19. The first-order valence-corrected chi connectivity index (χ1v) is 8.45. The second-order valence-electron chi connectivity index (χ2n) is 6.44. The molecule has 2 aromatic rings. The summed E-state index contributed by atoms with van der Waals surface area (Å²) in [6.45, 7) is 1.73. The van der Waals surface area contributed by atoms with Crippen molar-refractivity contribution >= 4 is 23.3 Å². The molecule has 1 atom stereocenters. The van der Waals surface area contributed by atoms with E-state index in [0.29, 0.717) is 24.7 Å². The molecule has 1 unspecified atom stereocenters. The van der Waals surface area contributed by atoms with Gasteiger partial charge >= 0.3 is 0 Å². The molecule has 2 aromatic heterocycles. The van der Waals surface area contributed by atoms with E-state index in [1.165, 1.54) is 0 Å². The van der Waals surface area contributed by atoms with Crippen molar-refractivity contribution in [3.05, 3.63) is 28.2 Å². The van der Waals surface area contributed by atoms with Crippen LogP contribution in [0.1, 0.15) is 47.2 Å². The normalized spacial score (nSPS) is 19.0. The van der Waals surface area contributed by atoms with Crippen LogP contribution in [0.15, 0.2) is 6.07 Å². The molecule has 128 valence electrons. The zero-order valence-electron chi connectivity index (χ0n) is 13.1. The molecule has 24 heavy (non-hydrogen) atoms. The Labute approximate surface area is 143 Å². The minimum Gasteiger partial charge on any atom is -0.386 e. The molecule has 2 aliphatic rings. The van der Waals surface area contributed by atoms with Gasteiger partial charge in [0.15, 0.2) is 5.82 Å². The predicted octanol–water partition coefficient (Wildman–Crippen LogP) is 1.33. The molecule has 0 spiro atoms. The van der Waals surface area contributed by atoms with Gasteiger partial charge in [-0.1, -0.05) is 11.6 Å². The van der Waals surface area contributed by atoms with Crippen molar-refractivity contribution in [3.8, 4) is 0 Å². The summed E-state index contributed by atoms with van der Waals surface area (Å²) in [5.41, 5.74) is 7.42. The maximum Gasteiger partial charge on any atom is 0.273 e. The number of halogens is 1. The summed E-state index contributed by atoms with van der Waals surface area (Å²) in [6, 6.07) is 1.90. The zero-order valence-corrected chi connectivity index (χ0v) is 13.8. The molecular weight excluding hydrogens is 332 g/mol. The van der Waals surface area contributed by atoms with Gasteiger partial charge in [-0.05, 0) is 31.2 Å². The summed E-state index contributed by atoms with van der Waals surface area (Å²) < 4.78 is 1.89.